The van der Waals surface area contributed by atoms with Crippen molar-refractivity contribution in [3.63, 3.8) is 0 Å². The van der Waals surface area contributed by atoms with E-state index in [0.717, 1.165) is 12.8 Å². The zero-order chi connectivity index (χ0) is 17.7. The van der Waals surface area contributed by atoms with Crippen LogP contribution in [0.1, 0.15) is 18.9 Å². The summed E-state index contributed by atoms with van der Waals surface area (Å²) in [6, 6.07) is -0.0820. The number of H-pyrrole nitrogens is 1. The average molecular weight is 350 g/mol. The quantitative estimate of drug-likeness (QED) is 0.736. The fraction of sp³-hybridized carbons (Fsp3) is 0.500. The van der Waals surface area contributed by atoms with Crippen LogP contribution in [0.4, 0.5) is 10.1 Å². The van der Waals surface area contributed by atoms with Crippen molar-refractivity contribution in [2.45, 2.75) is 18.9 Å². The highest BCUT2D eigenvalue weighted by Gasteiger charge is 2.33. The number of halogens is 1. The Morgan fingerprint density at radius 3 is 2.52 bits per heavy atom. The lowest BCUT2D eigenvalue weighted by atomic mass is 10.1. The first kappa shape index (κ1) is 15.9. The standard InChI is InChI=1S/C16H19FN4O4/c1-25-14-11-9(15(23)19-16(24)21(11)8-2-3-8)13(22)10(17)12(14)20-6-4-18-5-7-20/h8,18,22H,2-7H2,1H3,(H,19,23,24). The van der Waals surface area contributed by atoms with Gasteiger partial charge in [-0.15, -0.1) is 0 Å². The second kappa shape index (κ2) is 5.76. The Bertz CT molecular complexity index is 957. The largest absolute Gasteiger partial charge is 0.504 e. The lowest BCUT2D eigenvalue weighted by Crippen LogP contribution is -2.44. The zero-order valence-corrected chi connectivity index (χ0v) is 13.8. The number of rotatable bonds is 3. The molecule has 0 amide bonds. The monoisotopic (exact) mass is 350 g/mol. The molecule has 4 rings (SSSR count). The van der Waals surface area contributed by atoms with Crippen molar-refractivity contribution in [2.24, 2.45) is 0 Å². The summed E-state index contributed by atoms with van der Waals surface area (Å²) in [7, 11) is 1.37. The number of hydrogen-bond donors (Lipinski definition) is 3. The average Bonchev–Trinajstić information content (AvgIpc) is 3.43. The highest BCUT2D eigenvalue weighted by Crippen LogP contribution is 2.45. The number of aromatic nitrogens is 2. The first-order chi connectivity index (χ1) is 12.0. The number of nitrogens with zero attached hydrogens (tertiary/aromatic N) is 2. The molecule has 25 heavy (non-hydrogen) atoms. The van der Waals surface area contributed by atoms with Crippen LogP contribution < -0.4 is 26.2 Å². The predicted molar refractivity (Wildman–Crippen MR) is 90.4 cm³/mol. The van der Waals surface area contributed by atoms with Crippen molar-refractivity contribution in [3.05, 3.63) is 26.7 Å². The molecule has 0 bridgehead atoms. The number of anilines is 1. The van der Waals surface area contributed by atoms with Gasteiger partial charge in [-0.3, -0.25) is 14.3 Å². The molecule has 1 saturated carbocycles. The van der Waals surface area contributed by atoms with Gasteiger partial charge in [-0.25, -0.2) is 9.18 Å². The Morgan fingerprint density at radius 1 is 1.24 bits per heavy atom. The molecule has 134 valence electrons. The van der Waals surface area contributed by atoms with E-state index >= 15 is 0 Å². The molecule has 1 saturated heterocycles. The molecule has 0 spiro atoms. The normalized spacial score (nSPS) is 17.9. The molecule has 1 aromatic carbocycles. The molecule has 9 heteroatoms. The van der Waals surface area contributed by atoms with Gasteiger partial charge in [0.1, 0.15) is 16.6 Å². The van der Waals surface area contributed by atoms with E-state index in [2.05, 4.69) is 10.3 Å². The van der Waals surface area contributed by atoms with Crippen molar-refractivity contribution < 1.29 is 14.2 Å². The number of hydrogen-bond acceptors (Lipinski definition) is 6. The van der Waals surface area contributed by atoms with Gasteiger partial charge >= 0.3 is 5.69 Å². The van der Waals surface area contributed by atoms with E-state index in [-0.39, 0.29) is 28.4 Å². The van der Waals surface area contributed by atoms with Crippen molar-refractivity contribution >= 4 is 16.6 Å². The van der Waals surface area contributed by atoms with Gasteiger partial charge in [-0.1, -0.05) is 0 Å². The summed E-state index contributed by atoms with van der Waals surface area (Å²) in [6.45, 7) is 2.36. The van der Waals surface area contributed by atoms with Gasteiger partial charge in [0.25, 0.3) is 5.56 Å². The number of ether oxygens (including phenoxy) is 1. The highest BCUT2D eigenvalue weighted by atomic mass is 19.1. The molecule has 1 aliphatic carbocycles. The molecule has 3 N–H and O–H groups in total. The molecule has 2 heterocycles. The molecular weight excluding hydrogens is 331 g/mol. The molecule has 2 aromatic rings. The van der Waals surface area contributed by atoms with Crippen LogP contribution in [0.15, 0.2) is 9.59 Å². The Labute approximate surface area is 141 Å². The van der Waals surface area contributed by atoms with Gasteiger partial charge in [0.05, 0.1) is 7.11 Å². The molecule has 2 aliphatic rings. The van der Waals surface area contributed by atoms with Gasteiger partial charge in [0, 0.05) is 32.2 Å². The first-order valence-corrected chi connectivity index (χ1v) is 8.27. The van der Waals surface area contributed by atoms with Crippen molar-refractivity contribution in [1.82, 2.24) is 14.9 Å². The van der Waals surface area contributed by atoms with Crippen LogP contribution in [0.3, 0.4) is 0 Å². The Morgan fingerprint density at radius 2 is 1.92 bits per heavy atom. The third-order valence-electron chi connectivity index (χ3n) is 4.78. The lowest BCUT2D eigenvalue weighted by molar-refractivity contribution is 0.400. The Kier molecular flexibility index (Phi) is 3.68. The fourth-order valence-corrected chi connectivity index (χ4v) is 3.47. The van der Waals surface area contributed by atoms with Crippen molar-refractivity contribution in [3.8, 4) is 11.5 Å². The van der Waals surface area contributed by atoms with Gasteiger partial charge in [0.15, 0.2) is 17.3 Å². The minimum absolute atomic E-state index is 0.0820. The smallest absolute Gasteiger partial charge is 0.329 e. The van der Waals surface area contributed by atoms with E-state index in [4.69, 9.17) is 4.74 Å². The maximum atomic E-state index is 15.0. The Hall–Kier alpha value is -2.55. The number of methoxy groups -OCH3 is 1. The summed E-state index contributed by atoms with van der Waals surface area (Å²) >= 11 is 0. The van der Waals surface area contributed by atoms with Crippen LogP contribution in [0.5, 0.6) is 11.5 Å². The first-order valence-electron chi connectivity index (χ1n) is 8.27. The van der Waals surface area contributed by atoms with Gasteiger partial charge in [-0.2, -0.15) is 0 Å². The second-order valence-electron chi connectivity index (χ2n) is 6.37. The third-order valence-corrected chi connectivity index (χ3v) is 4.78. The van der Waals surface area contributed by atoms with Gasteiger partial charge < -0.3 is 20.1 Å². The number of nitrogens with one attached hydrogen (secondary N) is 2. The Balaban J connectivity index is 2.13. The van der Waals surface area contributed by atoms with Crippen molar-refractivity contribution in [2.75, 3.05) is 38.2 Å². The number of piperazine rings is 1. The molecule has 0 unspecified atom stereocenters. The van der Waals surface area contributed by atoms with E-state index in [0.29, 0.717) is 26.2 Å². The van der Waals surface area contributed by atoms with E-state index in [1.165, 1.54) is 11.7 Å². The van der Waals surface area contributed by atoms with E-state index < -0.39 is 22.8 Å². The summed E-state index contributed by atoms with van der Waals surface area (Å²) < 4.78 is 21.8. The van der Waals surface area contributed by atoms with E-state index in [9.17, 15) is 19.1 Å². The van der Waals surface area contributed by atoms with Crippen molar-refractivity contribution in [1.29, 1.82) is 0 Å². The van der Waals surface area contributed by atoms with Gasteiger partial charge in [-0.05, 0) is 12.8 Å². The summed E-state index contributed by atoms with van der Waals surface area (Å²) in [5.74, 6) is -1.54. The van der Waals surface area contributed by atoms with Crippen LogP contribution in [0.2, 0.25) is 0 Å². The predicted octanol–water partition coefficient (Wildman–Crippen LogP) is 0.288. The summed E-state index contributed by atoms with van der Waals surface area (Å²) in [4.78, 5) is 28.5. The van der Waals surface area contributed by atoms with Crippen LogP contribution in [0.25, 0.3) is 10.9 Å². The minimum atomic E-state index is -0.905. The minimum Gasteiger partial charge on any atom is -0.504 e. The maximum Gasteiger partial charge on any atom is 0.329 e. The molecule has 0 atom stereocenters. The summed E-state index contributed by atoms with van der Waals surface area (Å²) in [5, 5.41) is 13.3. The van der Waals surface area contributed by atoms with Crippen LogP contribution in [0, 0.1) is 5.82 Å². The molecular formula is C16H19FN4O4. The molecule has 0 radical (unpaired) electrons. The van der Waals surface area contributed by atoms with Crippen LogP contribution in [-0.2, 0) is 0 Å². The number of fused-ring (bicyclic) bond motifs is 1. The summed E-state index contributed by atoms with van der Waals surface area (Å²) in [6.07, 6.45) is 1.57. The maximum absolute atomic E-state index is 15.0. The van der Waals surface area contributed by atoms with Gasteiger partial charge in [0.2, 0.25) is 0 Å². The highest BCUT2D eigenvalue weighted by molar-refractivity contribution is 5.95. The zero-order valence-electron chi connectivity index (χ0n) is 13.8. The van der Waals surface area contributed by atoms with Crippen LogP contribution in [-0.4, -0.2) is 47.9 Å². The molecule has 1 aliphatic heterocycles. The topological polar surface area (TPSA) is 99.6 Å². The van der Waals surface area contributed by atoms with E-state index in [1.54, 1.807) is 4.90 Å². The number of aromatic hydroxyl groups is 1. The van der Waals surface area contributed by atoms with Crippen LogP contribution >= 0.6 is 0 Å². The second-order valence-corrected chi connectivity index (χ2v) is 6.37. The summed E-state index contributed by atoms with van der Waals surface area (Å²) in [5.41, 5.74) is -1.14. The molecule has 2 fully saturated rings. The number of aromatic amines is 1. The molecule has 1 aromatic heterocycles. The lowest BCUT2D eigenvalue weighted by Gasteiger charge is -2.31. The SMILES string of the molecule is COc1c(N2CCNCC2)c(F)c(O)c2c(=O)[nH]c(=O)n(C3CC3)c12. The number of phenols is 1. The number of benzene rings is 1. The number of phenolic OH excluding ortho intramolecular Hbond substituents is 1. The van der Waals surface area contributed by atoms with E-state index in [1.807, 2.05) is 0 Å². The fourth-order valence-electron chi connectivity index (χ4n) is 3.47. The third kappa shape index (κ3) is 2.38. The molecule has 8 nitrogen and oxygen atoms in total.